The third kappa shape index (κ3) is 3.13. The Hall–Kier alpha value is -2.58. The van der Waals surface area contributed by atoms with E-state index in [9.17, 15) is 0 Å². The molecule has 7 nitrogen and oxygen atoms in total. The Bertz CT molecular complexity index is 1090. The summed E-state index contributed by atoms with van der Waals surface area (Å²) in [5, 5.41) is 9.92. The molecule has 0 amide bonds. The molecule has 0 fully saturated rings. The number of hydrogen-bond donors (Lipinski definition) is 1. The van der Waals surface area contributed by atoms with Gasteiger partial charge in [0, 0.05) is 16.1 Å². The molecule has 3 heterocycles. The second-order valence-corrected chi connectivity index (χ2v) is 7.02. The third-order valence-corrected chi connectivity index (χ3v) is 4.99. The van der Waals surface area contributed by atoms with E-state index in [1.54, 1.807) is 12.1 Å². The normalized spacial score (nSPS) is 11.3. The molecule has 1 aromatic carbocycles. The Kier molecular flexibility index (Phi) is 4.29. The van der Waals surface area contributed by atoms with Gasteiger partial charge in [0.1, 0.15) is 17.4 Å². The number of hydrogen-bond acceptors (Lipinski definition) is 8. The molecule has 4 aromatic rings. The molecule has 0 saturated carbocycles. The highest BCUT2D eigenvalue weighted by molar-refractivity contribution is 7.98. The first-order valence-corrected chi connectivity index (χ1v) is 9.12. The molecule has 2 N–H and O–H groups in total. The van der Waals surface area contributed by atoms with Crippen molar-refractivity contribution in [1.29, 1.82) is 0 Å². The van der Waals surface area contributed by atoms with Crippen LogP contribution < -0.4 is 5.73 Å². The molecule has 132 valence electrons. The number of aromatic nitrogens is 4. The number of thioether (sulfide) groups is 1. The lowest BCUT2D eigenvalue weighted by Gasteiger charge is -2.00. The number of nitrogens with zero attached hydrogens (tertiary/aromatic N) is 4. The molecule has 3 aromatic heterocycles. The predicted molar refractivity (Wildman–Crippen MR) is 100.0 cm³/mol. The highest BCUT2D eigenvalue weighted by atomic mass is 35.5. The fraction of sp³-hybridized carbons (Fsp3) is 0.176. The van der Waals surface area contributed by atoms with Gasteiger partial charge in [0.2, 0.25) is 11.6 Å². The molecular weight excluding hydrogens is 374 g/mol. The number of fused-ring (bicyclic) bond motifs is 1. The number of halogens is 1. The van der Waals surface area contributed by atoms with Gasteiger partial charge in [-0.1, -0.05) is 23.4 Å². The summed E-state index contributed by atoms with van der Waals surface area (Å²) in [7, 11) is 0. The quantitative estimate of drug-likeness (QED) is 0.513. The molecule has 0 aliphatic heterocycles. The van der Waals surface area contributed by atoms with Gasteiger partial charge in [-0.3, -0.25) is 0 Å². The van der Waals surface area contributed by atoms with Crippen molar-refractivity contribution in [3.05, 3.63) is 46.4 Å². The molecule has 0 bridgehead atoms. The Morgan fingerprint density at radius 2 is 1.85 bits per heavy atom. The molecule has 26 heavy (non-hydrogen) atoms. The zero-order valence-electron chi connectivity index (χ0n) is 14.0. The van der Waals surface area contributed by atoms with E-state index in [0.29, 0.717) is 39.2 Å². The number of rotatable bonds is 4. The van der Waals surface area contributed by atoms with E-state index < -0.39 is 0 Å². The minimum atomic E-state index is 0.410. The average molecular weight is 388 g/mol. The lowest BCUT2D eigenvalue weighted by molar-refractivity contribution is 0.465. The van der Waals surface area contributed by atoms with Crippen LogP contribution in [0.3, 0.4) is 0 Å². The fourth-order valence-corrected chi connectivity index (χ4v) is 3.24. The van der Waals surface area contributed by atoms with Crippen LogP contribution in [0, 0.1) is 13.8 Å². The molecule has 0 saturated heterocycles. The predicted octanol–water partition coefficient (Wildman–Crippen LogP) is 4.42. The number of nitrogens with two attached hydrogens (primary N) is 1. The number of nitrogen functional groups attached to an aromatic ring is 1. The van der Waals surface area contributed by atoms with E-state index in [1.165, 1.54) is 11.8 Å². The van der Waals surface area contributed by atoms with E-state index in [4.69, 9.17) is 26.2 Å². The zero-order valence-corrected chi connectivity index (χ0v) is 15.6. The summed E-state index contributed by atoms with van der Waals surface area (Å²) in [6.45, 7) is 3.81. The molecule has 0 aliphatic carbocycles. The topological polar surface area (TPSA) is 104 Å². The lowest BCUT2D eigenvalue weighted by atomic mass is 10.2. The van der Waals surface area contributed by atoms with Crippen LogP contribution in [0.1, 0.15) is 17.1 Å². The van der Waals surface area contributed by atoms with Crippen molar-refractivity contribution in [3.8, 4) is 11.5 Å². The summed E-state index contributed by atoms with van der Waals surface area (Å²) in [4.78, 5) is 8.77. The van der Waals surface area contributed by atoms with E-state index in [2.05, 4.69) is 20.2 Å². The Balaban J connectivity index is 1.52. The van der Waals surface area contributed by atoms with Gasteiger partial charge in [0.25, 0.3) is 5.22 Å². The maximum atomic E-state index is 6.05. The highest BCUT2D eigenvalue weighted by Crippen LogP contribution is 2.29. The van der Waals surface area contributed by atoms with Crippen LogP contribution in [0.25, 0.3) is 22.6 Å². The second-order valence-electron chi connectivity index (χ2n) is 5.66. The lowest BCUT2D eigenvalue weighted by Crippen LogP contribution is -1.99. The standard InChI is InChI=1S/C17H14ClN5O2S/c1-8-9(2)24-16-13(8)14(19)20-12(21-16)7-26-17-23-22-15(25-17)10-3-5-11(18)6-4-10/h3-6H,7H2,1-2H3,(H2,19,20,21). The molecule has 0 aliphatic rings. The molecule has 9 heteroatoms. The van der Waals surface area contributed by atoms with E-state index in [0.717, 1.165) is 22.3 Å². The SMILES string of the molecule is Cc1oc2nc(CSc3nnc(-c4ccc(Cl)cc4)o3)nc(N)c2c1C. The number of anilines is 1. The van der Waals surface area contributed by atoms with Crippen LogP contribution in [0.15, 0.2) is 38.3 Å². The number of furan rings is 1. The van der Waals surface area contributed by atoms with Crippen molar-refractivity contribution < 1.29 is 8.83 Å². The average Bonchev–Trinajstić information content (AvgIpc) is 3.19. The van der Waals surface area contributed by atoms with Crippen LogP contribution in [0.5, 0.6) is 0 Å². The number of aryl methyl sites for hydroxylation is 2. The summed E-state index contributed by atoms with van der Waals surface area (Å²) < 4.78 is 11.3. The van der Waals surface area contributed by atoms with Gasteiger partial charge in [-0.2, -0.15) is 4.98 Å². The van der Waals surface area contributed by atoms with Gasteiger partial charge in [-0.15, -0.1) is 10.2 Å². The van der Waals surface area contributed by atoms with Crippen molar-refractivity contribution in [3.63, 3.8) is 0 Å². The monoisotopic (exact) mass is 387 g/mol. The van der Waals surface area contributed by atoms with Crippen molar-refractivity contribution >= 4 is 40.3 Å². The molecule has 0 spiro atoms. The molecular formula is C17H14ClN5O2S. The van der Waals surface area contributed by atoms with Gasteiger partial charge < -0.3 is 14.6 Å². The van der Waals surface area contributed by atoms with E-state index in [1.807, 2.05) is 26.0 Å². The minimum Gasteiger partial charge on any atom is -0.443 e. The second kappa shape index (κ2) is 6.62. The Morgan fingerprint density at radius 1 is 1.08 bits per heavy atom. The van der Waals surface area contributed by atoms with Crippen molar-refractivity contribution in [2.75, 3.05) is 5.73 Å². The number of benzene rings is 1. The first-order chi connectivity index (χ1) is 12.5. The van der Waals surface area contributed by atoms with E-state index in [-0.39, 0.29) is 0 Å². The third-order valence-electron chi connectivity index (χ3n) is 3.93. The summed E-state index contributed by atoms with van der Waals surface area (Å²) >= 11 is 7.22. The van der Waals surface area contributed by atoms with E-state index >= 15 is 0 Å². The van der Waals surface area contributed by atoms with Gasteiger partial charge in [-0.25, -0.2) is 4.98 Å². The first kappa shape index (κ1) is 16.9. The summed E-state index contributed by atoms with van der Waals surface area (Å²) in [5.41, 5.74) is 8.31. The Morgan fingerprint density at radius 3 is 2.62 bits per heavy atom. The first-order valence-electron chi connectivity index (χ1n) is 7.75. The maximum Gasteiger partial charge on any atom is 0.277 e. The molecule has 0 unspecified atom stereocenters. The highest BCUT2D eigenvalue weighted by Gasteiger charge is 2.15. The maximum absolute atomic E-state index is 6.05. The van der Waals surface area contributed by atoms with Gasteiger partial charge in [0.05, 0.1) is 11.1 Å². The molecule has 0 atom stereocenters. The van der Waals surface area contributed by atoms with Crippen LogP contribution in [0.4, 0.5) is 5.82 Å². The van der Waals surface area contributed by atoms with Crippen molar-refractivity contribution in [2.45, 2.75) is 24.8 Å². The summed E-state index contributed by atoms with van der Waals surface area (Å²) in [5.74, 6) is 2.60. The summed E-state index contributed by atoms with van der Waals surface area (Å²) in [6, 6.07) is 7.19. The van der Waals surface area contributed by atoms with Gasteiger partial charge >= 0.3 is 0 Å². The van der Waals surface area contributed by atoms with Crippen molar-refractivity contribution in [2.24, 2.45) is 0 Å². The molecule has 0 radical (unpaired) electrons. The largest absolute Gasteiger partial charge is 0.443 e. The Labute approximate surface area is 158 Å². The zero-order chi connectivity index (χ0) is 18.3. The fourth-order valence-electron chi connectivity index (χ4n) is 2.49. The van der Waals surface area contributed by atoms with Gasteiger partial charge in [0.15, 0.2) is 0 Å². The minimum absolute atomic E-state index is 0.410. The van der Waals surface area contributed by atoms with Crippen LogP contribution >= 0.6 is 23.4 Å². The van der Waals surface area contributed by atoms with Crippen LogP contribution in [-0.4, -0.2) is 20.2 Å². The summed E-state index contributed by atoms with van der Waals surface area (Å²) in [6.07, 6.45) is 0. The molecule has 4 rings (SSSR count). The van der Waals surface area contributed by atoms with Gasteiger partial charge in [-0.05, 0) is 38.1 Å². The smallest absolute Gasteiger partial charge is 0.277 e. The van der Waals surface area contributed by atoms with Crippen molar-refractivity contribution in [1.82, 2.24) is 20.2 Å². The van der Waals surface area contributed by atoms with Crippen LogP contribution in [0.2, 0.25) is 5.02 Å². The van der Waals surface area contributed by atoms with Crippen LogP contribution in [-0.2, 0) is 5.75 Å².